The summed E-state index contributed by atoms with van der Waals surface area (Å²) in [5.41, 5.74) is 1.84. The van der Waals surface area contributed by atoms with Gasteiger partial charge in [-0.3, -0.25) is 4.72 Å². The molecule has 0 spiro atoms. The molecule has 1 aromatic heterocycles. The number of anilines is 1. The standard InChI is InChI=1S/C16H13N5O2S/c17-9-13-3-7-16(8-4-13)24(22,23)20-15-5-1-14(2-6-15)10-21-12-18-11-19-21/h1-8,11-12,20H,10H2. The van der Waals surface area contributed by atoms with E-state index in [0.717, 1.165) is 5.56 Å². The minimum absolute atomic E-state index is 0.105. The van der Waals surface area contributed by atoms with Crippen molar-refractivity contribution in [2.24, 2.45) is 0 Å². The van der Waals surface area contributed by atoms with Crippen molar-refractivity contribution in [1.82, 2.24) is 14.8 Å². The van der Waals surface area contributed by atoms with E-state index in [0.29, 0.717) is 17.8 Å². The summed E-state index contributed by atoms with van der Waals surface area (Å²) >= 11 is 0. The fraction of sp³-hybridized carbons (Fsp3) is 0.0625. The minimum Gasteiger partial charge on any atom is -0.280 e. The number of hydrogen-bond acceptors (Lipinski definition) is 5. The molecular formula is C16H13N5O2S. The van der Waals surface area contributed by atoms with E-state index in [-0.39, 0.29) is 4.90 Å². The van der Waals surface area contributed by atoms with Crippen LogP contribution in [0.25, 0.3) is 0 Å². The molecule has 0 aliphatic rings. The van der Waals surface area contributed by atoms with Gasteiger partial charge in [0, 0.05) is 5.69 Å². The van der Waals surface area contributed by atoms with Crippen LogP contribution in [0.2, 0.25) is 0 Å². The Kier molecular flexibility index (Phi) is 4.26. The fourth-order valence-electron chi connectivity index (χ4n) is 2.10. The Morgan fingerprint density at radius 3 is 2.38 bits per heavy atom. The molecule has 3 rings (SSSR count). The summed E-state index contributed by atoms with van der Waals surface area (Å²) in [6, 6.07) is 14.7. The lowest BCUT2D eigenvalue weighted by Gasteiger charge is -2.09. The van der Waals surface area contributed by atoms with Crippen LogP contribution >= 0.6 is 0 Å². The maximum atomic E-state index is 12.3. The SMILES string of the molecule is N#Cc1ccc(S(=O)(=O)Nc2ccc(Cn3cncn3)cc2)cc1. The molecule has 0 saturated carbocycles. The lowest BCUT2D eigenvalue weighted by atomic mass is 10.2. The van der Waals surface area contributed by atoms with Crippen molar-refractivity contribution in [3.05, 3.63) is 72.3 Å². The molecule has 0 amide bonds. The summed E-state index contributed by atoms with van der Waals surface area (Å²) < 4.78 is 28.8. The second-order valence-corrected chi connectivity index (χ2v) is 6.71. The van der Waals surface area contributed by atoms with Crippen LogP contribution in [0.4, 0.5) is 5.69 Å². The molecule has 120 valence electrons. The van der Waals surface area contributed by atoms with Crippen molar-refractivity contribution < 1.29 is 8.42 Å². The molecule has 0 bridgehead atoms. The van der Waals surface area contributed by atoms with Gasteiger partial charge in [0.1, 0.15) is 12.7 Å². The van der Waals surface area contributed by atoms with Gasteiger partial charge >= 0.3 is 0 Å². The Balaban J connectivity index is 1.73. The zero-order chi connectivity index (χ0) is 17.0. The topological polar surface area (TPSA) is 101 Å². The van der Waals surface area contributed by atoms with Gasteiger partial charge < -0.3 is 0 Å². The summed E-state index contributed by atoms with van der Waals surface area (Å²) in [5.74, 6) is 0. The van der Waals surface area contributed by atoms with Crippen LogP contribution in [0.3, 0.4) is 0 Å². The molecule has 0 radical (unpaired) electrons. The molecule has 0 unspecified atom stereocenters. The van der Waals surface area contributed by atoms with Crippen LogP contribution in [0.5, 0.6) is 0 Å². The van der Waals surface area contributed by atoms with E-state index in [4.69, 9.17) is 5.26 Å². The van der Waals surface area contributed by atoms with Gasteiger partial charge in [-0.15, -0.1) is 0 Å². The summed E-state index contributed by atoms with van der Waals surface area (Å²) in [6.45, 7) is 0.558. The highest BCUT2D eigenvalue weighted by atomic mass is 32.2. The first-order valence-corrected chi connectivity index (χ1v) is 8.49. The summed E-state index contributed by atoms with van der Waals surface area (Å²) in [4.78, 5) is 3.98. The first-order valence-electron chi connectivity index (χ1n) is 7.01. The number of nitriles is 1. The molecule has 0 aliphatic heterocycles. The molecule has 7 nitrogen and oxygen atoms in total. The van der Waals surface area contributed by atoms with E-state index in [2.05, 4.69) is 14.8 Å². The lowest BCUT2D eigenvalue weighted by Crippen LogP contribution is -2.13. The quantitative estimate of drug-likeness (QED) is 0.766. The van der Waals surface area contributed by atoms with Crippen LogP contribution in [-0.4, -0.2) is 23.2 Å². The summed E-state index contributed by atoms with van der Waals surface area (Å²) in [6.07, 6.45) is 3.07. The van der Waals surface area contributed by atoms with Gasteiger partial charge in [-0.25, -0.2) is 18.1 Å². The van der Waals surface area contributed by atoms with Crippen molar-refractivity contribution in [3.63, 3.8) is 0 Å². The molecule has 1 N–H and O–H groups in total. The van der Waals surface area contributed by atoms with E-state index in [1.807, 2.05) is 18.2 Å². The van der Waals surface area contributed by atoms with Gasteiger partial charge in [0.2, 0.25) is 0 Å². The van der Waals surface area contributed by atoms with E-state index in [1.165, 1.54) is 30.6 Å². The smallest absolute Gasteiger partial charge is 0.261 e. The van der Waals surface area contributed by atoms with Crippen molar-refractivity contribution in [3.8, 4) is 6.07 Å². The molecule has 24 heavy (non-hydrogen) atoms. The fourth-order valence-corrected chi connectivity index (χ4v) is 3.16. The van der Waals surface area contributed by atoms with Gasteiger partial charge in [-0.2, -0.15) is 10.4 Å². The third kappa shape index (κ3) is 3.59. The van der Waals surface area contributed by atoms with Crippen LogP contribution in [-0.2, 0) is 16.6 Å². The first-order chi connectivity index (χ1) is 11.6. The predicted molar refractivity (Wildman–Crippen MR) is 87.5 cm³/mol. The zero-order valence-corrected chi connectivity index (χ0v) is 13.3. The molecule has 0 aliphatic carbocycles. The molecule has 8 heteroatoms. The van der Waals surface area contributed by atoms with Crippen LogP contribution in [0, 0.1) is 11.3 Å². The van der Waals surface area contributed by atoms with E-state index in [9.17, 15) is 8.42 Å². The molecule has 0 atom stereocenters. The van der Waals surface area contributed by atoms with Gasteiger partial charge in [0.25, 0.3) is 10.0 Å². The molecule has 3 aromatic rings. The van der Waals surface area contributed by atoms with Gasteiger partial charge in [0.05, 0.1) is 23.1 Å². The number of rotatable bonds is 5. The highest BCUT2D eigenvalue weighted by Gasteiger charge is 2.14. The molecule has 1 heterocycles. The van der Waals surface area contributed by atoms with E-state index < -0.39 is 10.0 Å². The van der Waals surface area contributed by atoms with Gasteiger partial charge in [-0.1, -0.05) is 12.1 Å². The van der Waals surface area contributed by atoms with Gasteiger partial charge in [0.15, 0.2) is 0 Å². The highest BCUT2D eigenvalue weighted by Crippen LogP contribution is 2.17. The number of aromatic nitrogens is 3. The predicted octanol–water partition coefficient (Wildman–Crippen LogP) is 2.00. The Morgan fingerprint density at radius 2 is 1.79 bits per heavy atom. The third-order valence-corrected chi connectivity index (χ3v) is 4.71. The normalized spacial score (nSPS) is 11.0. The van der Waals surface area contributed by atoms with E-state index >= 15 is 0 Å². The number of nitrogens with one attached hydrogen (secondary N) is 1. The van der Waals surface area contributed by atoms with Gasteiger partial charge in [-0.05, 0) is 42.0 Å². The Bertz CT molecular complexity index is 957. The molecular weight excluding hydrogens is 326 g/mol. The lowest BCUT2D eigenvalue weighted by molar-refractivity contribution is 0.601. The summed E-state index contributed by atoms with van der Waals surface area (Å²) in [7, 11) is -3.69. The van der Waals surface area contributed by atoms with Crippen molar-refractivity contribution in [2.45, 2.75) is 11.4 Å². The maximum Gasteiger partial charge on any atom is 0.261 e. The first kappa shape index (κ1) is 15.7. The average Bonchev–Trinajstić information content (AvgIpc) is 3.09. The van der Waals surface area contributed by atoms with Crippen LogP contribution in [0.1, 0.15) is 11.1 Å². The van der Waals surface area contributed by atoms with Crippen molar-refractivity contribution in [2.75, 3.05) is 4.72 Å². The molecule has 0 saturated heterocycles. The average molecular weight is 339 g/mol. The minimum atomic E-state index is -3.69. The molecule has 2 aromatic carbocycles. The summed E-state index contributed by atoms with van der Waals surface area (Å²) in [5, 5.41) is 12.8. The maximum absolute atomic E-state index is 12.3. The highest BCUT2D eigenvalue weighted by molar-refractivity contribution is 7.92. The van der Waals surface area contributed by atoms with Crippen LogP contribution in [0.15, 0.2) is 66.1 Å². The largest absolute Gasteiger partial charge is 0.280 e. The number of sulfonamides is 1. The van der Waals surface area contributed by atoms with Crippen molar-refractivity contribution in [1.29, 1.82) is 5.26 Å². The Hall–Kier alpha value is -3.18. The number of hydrogen-bond donors (Lipinski definition) is 1. The third-order valence-electron chi connectivity index (χ3n) is 3.31. The second-order valence-electron chi connectivity index (χ2n) is 5.03. The Morgan fingerprint density at radius 1 is 1.08 bits per heavy atom. The number of benzene rings is 2. The van der Waals surface area contributed by atoms with Crippen LogP contribution < -0.4 is 4.72 Å². The zero-order valence-electron chi connectivity index (χ0n) is 12.5. The monoisotopic (exact) mass is 339 g/mol. The second kappa shape index (κ2) is 6.52. The van der Waals surface area contributed by atoms with Crippen molar-refractivity contribution >= 4 is 15.7 Å². The molecule has 0 fully saturated rings. The number of nitrogens with zero attached hydrogens (tertiary/aromatic N) is 4. The van der Waals surface area contributed by atoms with E-state index in [1.54, 1.807) is 23.1 Å². The Labute approximate surface area is 139 Å².